The maximum absolute atomic E-state index is 13.4. The van der Waals surface area contributed by atoms with Gasteiger partial charge in [-0.3, -0.25) is 9.79 Å². The van der Waals surface area contributed by atoms with Crippen molar-refractivity contribution in [1.29, 1.82) is 0 Å². The van der Waals surface area contributed by atoms with Crippen LogP contribution in [0.5, 0.6) is 17.2 Å². The number of aliphatic imine (C=N–C) groups is 1. The summed E-state index contributed by atoms with van der Waals surface area (Å²) in [4.78, 5) is 45.6. The highest BCUT2D eigenvalue weighted by molar-refractivity contribution is 6.08. The molecule has 0 N–H and O–H groups in total. The summed E-state index contributed by atoms with van der Waals surface area (Å²) < 4.78 is 32.2. The van der Waals surface area contributed by atoms with Gasteiger partial charge in [0.05, 0.1) is 26.9 Å². The van der Waals surface area contributed by atoms with Crippen LogP contribution in [0.1, 0.15) is 35.7 Å². The van der Waals surface area contributed by atoms with Crippen molar-refractivity contribution in [2.45, 2.75) is 19.8 Å². The Bertz CT molecular complexity index is 1090. The third kappa shape index (κ3) is 4.95. The normalized spacial score (nSPS) is 18.8. The van der Waals surface area contributed by atoms with Crippen LogP contribution in [0.4, 0.5) is 0 Å². The Labute approximate surface area is 203 Å². The Morgan fingerprint density at radius 2 is 1.74 bits per heavy atom. The highest BCUT2D eigenvalue weighted by Gasteiger charge is 2.46. The van der Waals surface area contributed by atoms with E-state index in [-0.39, 0.29) is 47.3 Å². The molecule has 0 saturated carbocycles. The molecule has 0 spiro atoms. The minimum absolute atomic E-state index is 0.0146. The topological polar surface area (TPSA) is 122 Å². The average molecular weight is 491 g/mol. The van der Waals surface area contributed by atoms with Crippen molar-refractivity contribution in [3.8, 4) is 17.2 Å². The molecule has 0 bridgehead atoms. The van der Waals surface area contributed by atoms with Crippen molar-refractivity contribution in [2.75, 3.05) is 55.4 Å². The molecule has 2 aliphatic heterocycles. The lowest BCUT2D eigenvalue weighted by Gasteiger charge is -2.32. The zero-order chi connectivity index (χ0) is 25.9. The molecule has 190 valence electrons. The van der Waals surface area contributed by atoms with E-state index in [1.165, 1.54) is 21.3 Å². The molecular weight excluding hydrogens is 460 g/mol. The molecule has 11 heteroatoms. The predicted molar refractivity (Wildman–Crippen MR) is 124 cm³/mol. The fourth-order valence-electron chi connectivity index (χ4n) is 4.24. The van der Waals surface area contributed by atoms with E-state index in [4.69, 9.17) is 28.4 Å². The molecule has 1 aromatic rings. The second-order valence-electron chi connectivity index (χ2n) is 8.27. The molecule has 2 unspecified atom stereocenters. The van der Waals surface area contributed by atoms with Gasteiger partial charge in [0.2, 0.25) is 12.5 Å². The lowest BCUT2D eigenvalue weighted by atomic mass is 9.74. The summed E-state index contributed by atoms with van der Waals surface area (Å²) in [6.45, 7) is 3.79. The number of hydrogen-bond acceptors (Lipinski definition) is 11. The van der Waals surface area contributed by atoms with Crippen LogP contribution in [0.2, 0.25) is 0 Å². The zero-order valence-corrected chi connectivity index (χ0v) is 20.9. The van der Waals surface area contributed by atoms with Gasteiger partial charge in [0.1, 0.15) is 18.1 Å². The lowest BCUT2D eigenvalue weighted by Crippen LogP contribution is -2.37. The third-order valence-corrected chi connectivity index (χ3v) is 5.86. The molecule has 35 heavy (non-hydrogen) atoms. The van der Waals surface area contributed by atoms with Gasteiger partial charge in [0.25, 0.3) is 0 Å². The van der Waals surface area contributed by atoms with E-state index in [1.807, 2.05) is 19.0 Å². The minimum Gasteiger partial charge on any atom is -0.493 e. The van der Waals surface area contributed by atoms with Crippen LogP contribution in [0.25, 0.3) is 0 Å². The summed E-state index contributed by atoms with van der Waals surface area (Å²) >= 11 is 0. The summed E-state index contributed by atoms with van der Waals surface area (Å²) in [7, 11) is 7.60. The Kier molecular flexibility index (Phi) is 8.00. The summed E-state index contributed by atoms with van der Waals surface area (Å²) in [5.74, 6) is -3.44. The van der Waals surface area contributed by atoms with Crippen molar-refractivity contribution >= 4 is 23.6 Å². The Morgan fingerprint density at radius 3 is 2.34 bits per heavy atom. The monoisotopic (exact) mass is 490 g/mol. The molecule has 0 aromatic heterocycles. The average Bonchev–Trinajstić information content (AvgIpc) is 3.31. The van der Waals surface area contributed by atoms with Crippen LogP contribution in [-0.2, 0) is 23.8 Å². The van der Waals surface area contributed by atoms with E-state index < -0.39 is 29.7 Å². The second kappa shape index (κ2) is 10.8. The minimum atomic E-state index is -1.02. The van der Waals surface area contributed by atoms with Gasteiger partial charge >= 0.3 is 17.9 Å². The van der Waals surface area contributed by atoms with Gasteiger partial charge in [-0.05, 0) is 39.6 Å². The molecule has 2 heterocycles. The SMILES string of the molecule is COC(=O)c1c(C2C(C(=O)OCCN(C)C)=C(C)N=C(C)C2C(=O)OC)cc(OC)c2c1OCO2. The van der Waals surface area contributed by atoms with E-state index in [2.05, 4.69) is 4.99 Å². The number of nitrogens with zero attached hydrogens (tertiary/aromatic N) is 2. The number of fused-ring (bicyclic) bond motifs is 1. The first-order chi connectivity index (χ1) is 16.7. The van der Waals surface area contributed by atoms with Crippen LogP contribution in [0.3, 0.4) is 0 Å². The summed E-state index contributed by atoms with van der Waals surface area (Å²) in [6.07, 6.45) is 0. The van der Waals surface area contributed by atoms with Gasteiger partial charge in [0, 0.05) is 23.9 Å². The van der Waals surface area contributed by atoms with E-state index >= 15 is 0 Å². The van der Waals surface area contributed by atoms with Crippen LogP contribution < -0.4 is 14.2 Å². The molecule has 1 aromatic carbocycles. The standard InChI is InChI=1S/C24H30N2O9/c1-12-16(22(27)31-6)18(17(13(2)25-12)24(29)33-9-8-26(3)4)14-10-15(30-5)20-21(35-11-34-20)19(14)23(28)32-7/h10,16,18H,8-9,11H2,1-7H3. The van der Waals surface area contributed by atoms with Gasteiger partial charge in [-0.1, -0.05) is 0 Å². The number of benzene rings is 1. The molecule has 2 atom stereocenters. The van der Waals surface area contributed by atoms with E-state index in [9.17, 15) is 14.4 Å². The molecule has 0 saturated heterocycles. The van der Waals surface area contributed by atoms with Gasteiger partial charge in [-0.15, -0.1) is 0 Å². The number of carbonyl (C=O) groups excluding carboxylic acids is 3. The van der Waals surface area contributed by atoms with E-state index in [1.54, 1.807) is 19.9 Å². The lowest BCUT2D eigenvalue weighted by molar-refractivity contribution is -0.144. The number of carbonyl (C=O) groups is 3. The maximum atomic E-state index is 13.4. The number of allylic oxidation sites excluding steroid dienone is 1. The van der Waals surface area contributed by atoms with Crippen molar-refractivity contribution < 1.29 is 42.8 Å². The maximum Gasteiger partial charge on any atom is 0.342 e. The number of likely N-dealkylation sites (N-methyl/N-ethyl adjacent to an activating group) is 1. The van der Waals surface area contributed by atoms with Crippen molar-refractivity contribution in [2.24, 2.45) is 10.9 Å². The van der Waals surface area contributed by atoms with Crippen molar-refractivity contribution in [1.82, 2.24) is 4.90 Å². The van der Waals surface area contributed by atoms with Crippen LogP contribution in [-0.4, -0.2) is 83.9 Å². The first kappa shape index (κ1) is 26.0. The second-order valence-corrected chi connectivity index (χ2v) is 8.27. The highest BCUT2D eigenvalue weighted by Crippen LogP contribution is 2.51. The number of rotatable bonds is 8. The molecular formula is C24H30N2O9. The van der Waals surface area contributed by atoms with Crippen molar-refractivity contribution in [3.05, 3.63) is 28.5 Å². The molecule has 0 fully saturated rings. The molecule has 2 aliphatic rings. The van der Waals surface area contributed by atoms with Gasteiger partial charge in [-0.25, -0.2) is 9.59 Å². The fourth-order valence-corrected chi connectivity index (χ4v) is 4.24. The number of methoxy groups -OCH3 is 3. The molecule has 3 rings (SSSR count). The highest BCUT2D eigenvalue weighted by atomic mass is 16.7. The van der Waals surface area contributed by atoms with Gasteiger partial charge in [-0.2, -0.15) is 0 Å². The quantitative estimate of drug-likeness (QED) is 0.395. The van der Waals surface area contributed by atoms with Gasteiger partial charge in [0.15, 0.2) is 11.5 Å². The van der Waals surface area contributed by atoms with Crippen LogP contribution in [0, 0.1) is 5.92 Å². The predicted octanol–water partition coefficient (Wildman–Crippen LogP) is 1.94. The summed E-state index contributed by atoms with van der Waals surface area (Å²) in [6, 6.07) is 1.54. The molecule has 0 radical (unpaired) electrons. The summed E-state index contributed by atoms with van der Waals surface area (Å²) in [5, 5.41) is 0. The molecule has 0 aliphatic carbocycles. The molecule has 0 amide bonds. The smallest absolute Gasteiger partial charge is 0.342 e. The van der Waals surface area contributed by atoms with Crippen LogP contribution >= 0.6 is 0 Å². The van der Waals surface area contributed by atoms with Crippen molar-refractivity contribution in [3.63, 3.8) is 0 Å². The third-order valence-electron chi connectivity index (χ3n) is 5.86. The van der Waals surface area contributed by atoms with Crippen LogP contribution in [0.15, 0.2) is 22.3 Å². The molecule has 11 nitrogen and oxygen atoms in total. The zero-order valence-electron chi connectivity index (χ0n) is 20.9. The Balaban J connectivity index is 2.28. The fraction of sp³-hybridized carbons (Fsp3) is 0.500. The van der Waals surface area contributed by atoms with E-state index in [0.29, 0.717) is 18.0 Å². The largest absolute Gasteiger partial charge is 0.493 e. The number of esters is 3. The number of hydrogen-bond donors (Lipinski definition) is 0. The first-order valence-corrected chi connectivity index (χ1v) is 10.9. The number of ether oxygens (including phenoxy) is 6. The summed E-state index contributed by atoms with van der Waals surface area (Å²) in [5.41, 5.74) is 1.17. The Morgan fingerprint density at radius 1 is 1.06 bits per heavy atom. The first-order valence-electron chi connectivity index (χ1n) is 10.9. The Hall–Kier alpha value is -3.60. The van der Waals surface area contributed by atoms with E-state index in [0.717, 1.165) is 0 Å². The van der Waals surface area contributed by atoms with Gasteiger partial charge < -0.3 is 33.3 Å².